The van der Waals surface area contributed by atoms with Crippen molar-refractivity contribution in [3.63, 3.8) is 0 Å². The van der Waals surface area contributed by atoms with Crippen LogP contribution in [-0.4, -0.2) is 48.3 Å². The fourth-order valence-corrected chi connectivity index (χ4v) is 2.06. The summed E-state index contributed by atoms with van der Waals surface area (Å²) in [6.07, 6.45) is 1.19. The van der Waals surface area contributed by atoms with E-state index in [1.165, 1.54) is 0 Å². The van der Waals surface area contributed by atoms with Crippen molar-refractivity contribution in [3.05, 3.63) is 0 Å². The fourth-order valence-electron chi connectivity index (χ4n) is 2.06. The molecule has 0 saturated carbocycles. The highest BCUT2D eigenvalue weighted by molar-refractivity contribution is 5.81. The molecule has 0 aromatic heterocycles. The van der Waals surface area contributed by atoms with E-state index in [0.29, 0.717) is 32.4 Å². The van der Waals surface area contributed by atoms with E-state index in [1.807, 2.05) is 20.8 Å². The predicted molar refractivity (Wildman–Crippen MR) is 79.7 cm³/mol. The van der Waals surface area contributed by atoms with Crippen molar-refractivity contribution < 1.29 is 19.4 Å². The van der Waals surface area contributed by atoms with Crippen molar-refractivity contribution in [3.8, 4) is 0 Å². The predicted octanol–water partition coefficient (Wildman–Crippen LogP) is 0.585. The molecule has 1 fully saturated rings. The highest BCUT2D eigenvalue weighted by Crippen LogP contribution is 2.24. The molecule has 0 aromatic rings. The van der Waals surface area contributed by atoms with E-state index in [4.69, 9.17) is 4.74 Å². The molecule has 2 amide bonds. The summed E-state index contributed by atoms with van der Waals surface area (Å²) in [7, 11) is 0. The van der Waals surface area contributed by atoms with Gasteiger partial charge in [-0.3, -0.25) is 9.59 Å². The van der Waals surface area contributed by atoms with Crippen LogP contribution in [0.4, 0.5) is 0 Å². The number of rotatable bonds is 6. The molecule has 1 heterocycles. The Morgan fingerprint density at radius 2 is 2.00 bits per heavy atom. The van der Waals surface area contributed by atoms with Gasteiger partial charge in [-0.2, -0.15) is 0 Å². The number of carbonyl (C=O) groups is 2. The summed E-state index contributed by atoms with van der Waals surface area (Å²) in [6, 6.07) is 0. The summed E-state index contributed by atoms with van der Waals surface area (Å²) in [5.74, 6) is -0.137. The van der Waals surface area contributed by atoms with Gasteiger partial charge in [-0.05, 0) is 13.3 Å². The molecule has 1 aliphatic heterocycles. The van der Waals surface area contributed by atoms with Gasteiger partial charge in [0.05, 0.1) is 6.10 Å². The molecule has 3 N–H and O–H groups in total. The first kappa shape index (κ1) is 17.9. The van der Waals surface area contributed by atoms with E-state index in [9.17, 15) is 14.7 Å². The monoisotopic (exact) mass is 300 g/mol. The Kier molecular flexibility index (Phi) is 6.16. The van der Waals surface area contributed by atoms with Crippen molar-refractivity contribution in [1.29, 1.82) is 0 Å². The first-order valence-corrected chi connectivity index (χ1v) is 7.54. The van der Waals surface area contributed by atoms with Gasteiger partial charge in [0, 0.05) is 38.0 Å². The van der Waals surface area contributed by atoms with E-state index in [-0.39, 0.29) is 24.5 Å². The minimum Gasteiger partial charge on any atom is -0.385 e. The molecule has 21 heavy (non-hydrogen) atoms. The van der Waals surface area contributed by atoms with Gasteiger partial charge >= 0.3 is 0 Å². The molecule has 0 aliphatic carbocycles. The van der Waals surface area contributed by atoms with Gasteiger partial charge < -0.3 is 20.5 Å². The van der Waals surface area contributed by atoms with Crippen LogP contribution in [0.5, 0.6) is 0 Å². The molecule has 6 heteroatoms. The van der Waals surface area contributed by atoms with Crippen molar-refractivity contribution >= 4 is 11.8 Å². The molecule has 2 atom stereocenters. The van der Waals surface area contributed by atoms with Gasteiger partial charge in [0.1, 0.15) is 5.60 Å². The molecule has 1 saturated heterocycles. The van der Waals surface area contributed by atoms with Gasteiger partial charge in [-0.1, -0.05) is 20.8 Å². The second kappa shape index (κ2) is 7.22. The summed E-state index contributed by atoms with van der Waals surface area (Å²) in [5.41, 5.74) is -1.37. The SMILES string of the molecule is CC1OCCC1(O)CNC(=O)CCCNC(=O)C(C)(C)C. The van der Waals surface area contributed by atoms with E-state index >= 15 is 0 Å². The molecule has 1 aliphatic rings. The summed E-state index contributed by atoms with van der Waals surface area (Å²) in [4.78, 5) is 23.3. The number of amides is 2. The smallest absolute Gasteiger partial charge is 0.225 e. The van der Waals surface area contributed by atoms with Crippen LogP contribution < -0.4 is 10.6 Å². The van der Waals surface area contributed by atoms with Crippen LogP contribution in [0.15, 0.2) is 0 Å². The topological polar surface area (TPSA) is 87.7 Å². The Hall–Kier alpha value is -1.14. The Labute approximate surface area is 126 Å². The standard InChI is InChI=1S/C15H28N2O4/c1-11-15(20,7-9-21-11)10-17-12(18)6-5-8-16-13(19)14(2,3)4/h11,20H,5-10H2,1-4H3,(H,16,19)(H,17,18). The molecule has 0 aromatic carbocycles. The number of hydrogen-bond donors (Lipinski definition) is 3. The zero-order valence-electron chi connectivity index (χ0n) is 13.5. The van der Waals surface area contributed by atoms with Crippen molar-refractivity contribution in [1.82, 2.24) is 10.6 Å². The minimum atomic E-state index is -0.962. The van der Waals surface area contributed by atoms with Crippen molar-refractivity contribution in [2.75, 3.05) is 19.7 Å². The number of ether oxygens (including phenoxy) is 1. The number of hydrogen-bond acceptors (Lipinski definition) is 4. The maximum Gasteiger partial charge on any atom is 0.225 e. The molecule has 1 rings (SSSR count). The van der Waals surface area contributed by atoms with E-state index in [2.05, 4.69) is 10.6 Å². The van der Waals surface area contributed by atoms with Crippen molar-refractivity contribution in [2.45, 2.75) is 58.7 Å². The lowest BCUT2D eigenvalue weighted by atomic mass is 9.95. The van der Waals surface area contributed by atoms with E-state index < -0.39 is 11.0 Å². The van der Waals surface area contributed by atoms with Crippen LogP contribution in [0.2, 0.25) is 0 Å². The average molecular weight is 300 g/mol. The number of aliphatic hydroxyl groups is 1. The van der Waals surface area contributed by atoms with E-state index in [0.717, 1.165) is 0 Å². The average Bonchev–Trinajstić information content (AvgIpc) is 2.71. The summed E-state index contributed by atoms with van der Waals surface area (Å²) in [5, 5.41) is 15.8. The molecule has 2 unspecified atom stereocenters. The lowest BCUT2D eigenvalue weighted by molar-refractivity contribution is -0.129. The zero-order chi connectivity index (χ0) is 16.1. The van der Waals surface area contributed by atoms with Gasteiger partial charge in [0.25, 0.3) is 0 Å². The first-order valence-electron chi connectivity index (χ1n) is 7.54. The maximum absolute atomic E-state index is 11.7. The quantitative estimate of drug-likeness (QED) is 0.626. The second-order valence-electron chi connectivity index (χ2n) is 6.75. The Bertz CT molecular complexity index is 378. The highest BCUT2D eigenvalue weighted by Gasteiger charge is 2.39. The molecule has 0 radical (unpaired) electrons. The lowest BCUT2D eigenvalue weighted by Crippen LogP contribution is -2.47. The zero-order valence-corrected chi connectivity index (χ0v) is 13.5. The fraction of sp³-hybridized carbons (Fsp3) is 0.867. The van der Waals surface area contributed by atoms with Crippen LogP contribution in [0.1, 0.15) is 47.0 Å². The van der Waals surface area contributed by atoms with Crippen LogP contribution in [0.25, 0.3) is 0 Å². The third-order valence-corrected chi connectivity index (χ3v) is 3.80. The summed E-state index contributed by atoms with van der Waals surface area (Å²) in [6.45, 7) is 8.56. The first-order chi connectivity index (χ1) is 9.65. The molecular formula is C15H28N2O4. The summed E-state index contributed by atoms with van der Waals surface area (Å²) >= 11 is 0. The third kappa shape index (κ3) is 5.63. The lowest BCUT2D eigenvalue weighted by Gasteiger charge is -2.26. The second-order valence-corrected chi connectivity index (χ2v) is 6.75. The molecule has 0 bridgehead atoms. The number of carbonyl (C=O) groups excluding carboxylic acids is 2. The normalized spacial score (nSPS) is 25.7. The molecule has 6 nitrogen and oxygen atoms in total. The third-order valence-electron chi connectivity index (χ3n) is 3.80. The van der Waals surface area contributed by atoms with Gasteiger partial charge in [0.2, 0.25) is 11.8 Å². The Morgan fingerprint density at radius 3 is 2.52 bits per heavy atom. The molecular weight excluding hydrogens is 272 g/mol. The van der Waals surface area contributed by atoms with Crippen LogP contribution >= 0.6 is 0 Å². The number of nitrogens with one attached hydrogen (secondary N) is 2. The Morgan fingerprint density at radius 1 is 1.33 bits per heavy atom. The maximum atomic E-state index is 11.7. The van der Waals surface area contributed by atoms with Gasteiger partial charge in [0.15, 0.2) is 0 Å². The van der Waals surface area contributed by atoms with Gasteiger partial charge in [-0.15, -0.1) is 0 Å². The van der Waals surface area contributed by atoms with E-state index in [1.54, 1.807) is 6.92 Å². The largest absolute Gasteiger partial charge is 0.385 e. The molecule has 0 spiro atoms. The van der Waals surface area contributed by atoms with Crippen LogP contribution in [0, 0.1) is 5.41 Å². The molecule has 122 valence electrons. The minimum absolute atomic E-state index is 0.0193. The van der Waals surface area contributed by atoms with Crippen LogP contribution in [0.3, 0.4) is 0 Å². The van der Waals surface area contributed by atoms with Crippen LogP contribution in [-0.2, 0) is 14.3 Å². The summed E-state index contributed by atoms with van der Waals surface area (Å²) < 4.78 is 5.31. The highest BCUT2D eigenvalue weighted by atomic mass is 16.5. The Balaban J connectivity index is 2.16. The van der Waals surface area contributed by atoms with Gasteiger partial charge in [-0.25, -0.2) is 0 Å². The van der Waals surface area contributed by atoms with Crippen molar-refractivity contribution in [2.24, 2.45) is 5.41 Å².